The lowest BCUT2D eigenvalue weighted by Gasteiger charge is -2.21. The van der Waals surface area contributed by atoms with E-state index in [1.165, 1.54) is 72.8 Å². The molecule has 10 nitrogen and oxygen atoms in total. The van der Waals surface area contributed by atoms with Crippen molar-refractivity contribution in [2.45, 2.75) is 30.6 Å². The first kappa shape index (κ1) is 39.3. The average Bonchev–Trinajstić information content (AvgIpc) is 3.03. The number of hydrogen-bond acceptors (Lipinski definition) is 10. The van der Waals surface area contributed by atoms with Gasteiger partial charge < -0.3 is 0 Å². The number of hydrogen-bond donors (Lipinski definition) is 0. The summed E-state index contributed by atoms with van der Waals surface area (Å²) in [5.41, 5.74) is -10.2. The van der Waals surface area contributed by atoms with Gasteiger partial charge in [-0.2, -0.15) is 26.3 Å². The minimum absolute atomic E-state index is 0.568. The Labute approximate surface area is 280 Å². The van der Waals surface area contributed by atoms with Crippen molar-refractivity contribution in [1.29, 1.82) is 0 Å². The highest BCUT2D eigenvalue weighted by Gasteiger charge is 2.47. The Hall–Kier alpha value is -3.12. The Morgan fingerprint density at radius 1 is 0.354 bits per heavy atom. The smallest absolute Gasteiger partial charge is 0.205 e. The predicted octanol–water partition coefficient (Wildman–Crippen LogP) is 6.47. The summed E-state index contributed by atoms with van der Waals surface area (Å²) in [6.07, 6.45) is 0. The molecule has 0 spiro atoms. The SMILES string of the molecule is O=S(=O)(c1ccccc1)N(SC(F)(F)F)S(=O)(=O)c1ccccc1.O=S(=O)(c1ccccc1)N(SC(F)(F)F)S(=O)(=O)c1ccccc1. The van der Waals surface area contributed by atoms with E-state index in [1.54, 1.807) is 0 Å². The molecule has 4 aromatic rings. The molecule has 0 unspecified atom stereocenters. The van der Waals surface area contributed by atoms with Crippen LogP contribution in [0.4, 0.5) is 26.3 Å². The van der Waals surface area contributed by atoms with Crippen LogP contribution in [-0.2, 0) is 40.1 Å². The molecule has 0 aliphatic heterocycles. The van der Waals surface area contributed by atoms with E-state index in [4.69, 9.17) is 0 Å². The lowest BCUT2D eigenvalue weighted by molar-refractivity contribution is -0.0350. The molecule has 0 aliphatic carbocycles. The average molecular weight is 795 g/mol. The van der Waals surface area contributed by atoms with Gasteiger partial charge in [0.1, 0.15) is 0 Å². The summed E-state index contributed by atoms with van der Waals surface area (Å²) in [4.78, 5) is -2.27. The van der Waals surface area contributed by atoms with Crippen LogP contribution in [0.25, 0.3) is 0 Å². The minimum atomic E-state index is -5.12. The van der Waals surface area contributed by atoms with Crippen molar-refractivity contribution < 1.29 is 60.0 Å². The van der Waals surface area contributed by atoms with Crippen molar-refractivity contribution in [3.05, 3.63) is 121 Å². The number of sulfonamides is 4. The van der Waals surface area contributed by atoms with E-state index in [0.29, 0.717) is 0 Å². The highest BCUT2D eigenvalue weighted by Crippen LogP contribution is 2.42. The lowest BCUT2D eigenvalue weighted by Crippen LogP contribution is -2.34. The van der Waals surface area contributed by atoms with Gasteiger partial charge in [-0.05, 0) is 54.8 Å². The molecular weight excluding hydrogens is 775 g/mol. The summed E-state index contributed by atoms with van der Waals surface area (Å²) in [5, 5.41) is 0. The first-order chi connectivity index (χ1) is 22.1. The van der Waals surface area contributed by atoms with E-state index in [-0.39, 0.29) is 0 Å². The maximum absolute atomic E-state index is 12.8. The van der Waals surface area contributed by atoms with Gasteiger partial charge in [0.2, 0.25) is 0 Å². The molecule has 0 aliphatic rings. The van der Waals surface area contributed by atoms with Crippen molar-refractivity contribution in [3.8, 4) is 0 Å². The quantitative estimate of drug-likeness (QED) is 0.130. The first-order valence-electron chi connectivity index (χ1n) is 12.4. The second-order valence-electron chi connectivity index (χ2n) is 8.67. The van der Waals surface area contributed by atoms with Gasteiger partial charge in [-0.3, -0.25) is 0 Å². The topological polar surface area (TPSA) is 143 Å². The molecule has 4 rings (SSSR count). The Bertz CT molecular complexity index is 1810. The zero-order chi connectivity index (χ0) is 36.0. The molecule has 0 atom stereocenters. The molecule has 0 saturated heterocycles. The number of halogens is 6. The molecule has 0 heterocycles. The zero-order valence-electron chi connectivity index (χ0n) is 23.4. The molecule has 4 aromatic carbocycles. The van der Waals surface area contributed by atoms with Crippen molar-refractivity contribution >= 4 is 64.0 Å². The highest BCUT2D eigenvalue weighted by atomic mass is 32.3. The van der Waals surface area contributed by atoms with Gasteiger partial charge in [0.15, 0.2) is 0 Å². The van der Waals surface area contributed by atoms with Crippen LogP contribution in [0.15, 0.2) is 141 Å². The Kier molecular flexibility index (Phi) is 12.4. The molecule has 0 N–H and O–H groups in total. The Morgan fingerprint density at radius 2 is 0.521 bits per heavy atom. The van der Waals surface area contributed by atoms with E-state index >= 15 is 0 Å². The van der Waals surface area contributed by atoms with E-state index in [9.17, 15) is 60.0 Å². The third-order valence-corrected chi connectivity index (χ3v) is 16.7. The van der Waals surface area contributed by atoms with Crippen molar-refractivity contribution in [1.82, 2.24) is 6.23 Å². The van der Waals surface area contributed by atoms with Crippen LogP contribution in [0.2, 0.25) is 0 Å². The summed E-state index contributed by atoms with van der Waals surface area (Å²) >= 11 is -2.47. The molecule has 0 amide bonds. The molecule has 0 saturated carbocycles. The maximum Gasteiger partial charge on any atom is 0.458 e. The minimum Gasteiger partial charge on any atom is -0.205 e. The fraction of sp³-hybridized carbons (Fsp3) is 0.0769. The fourth-order valence-corrected chi connectivity index (χ4v) is 13.1. The molecule has 0 aromatic heterocycles. The predicted molar refractivity (Wildman–Crippen MR) is 165 cm³/mol. The van der Waals surface area contributed by atoms with Gasteiger partial charge in [0.05, 0.1) is 43.5 Å². The molecule has 0 bridgehead atoms. The van der Waals surface area contributed by atoms with E-state index in [1.807, 2.05) is 0 Å². The monoisotopic (exact) mass is 794 g/mol. The fourth-order valence-electron chi connectivity index (χ4n) is 3.34. The van der Waals surface area contributed by atoms with Crippen molar-refractivity contribution in [3.63, 3.8) is 0 Å². The number of benzene rings is 4. The van der Waals surface area contributed by atoms with E-state index < -0.39 is 101 Å². The van der Waals surface area contributed by atoms with Gasteiger partial charge in [0.25, 0.3) is 40.1 Å². The third-order valence-electron chi connectivity index (χ3n) is 5.31. The summed E-state index contributed by atoms with van der Waals surface area (Å²) < 4.78 is 175. The normalized spacial score (nSPS) is 13.2. The van der Waals surface area contributed by atoms with Crippen LogP contribution in [0, 0.1) is 0 Å². The highest BCUT2D eigenvalue weighted by molar-refractivity contribution is 8.21. The molecule has 22 heteroatoms. The van der Waals surface area contributed by atoms with E-state index in [2.05, 4.69) is 0 Å². The van der Waals surface area contributed by atoms with Crippen LogP contribution in [0.3, 0.4) is 0 Å². The van der Waals surface area contributed by atoms with Crippen molar-refractivity contribution in [2.24, 2.45) is 0 Å². The molecule has 48 heavy (non-hydrogen) atoms. The van der Waals surface area contributed by atoms with Gasteiger partial charge in [0, 0.05) is 0 Å². The maximum atomic E-state index is 12.8. The van der Waals surface area contributed by atoms with Gasteiger partial charge >= 0.3 is 11.0 Å². The molecule has 260 valence electrons. The second kappa shape index (κ2) is 15.2. The first-order valence-corrected chi connectivity index (χ1v) is 19.7. The zero-order valence-corrected chi connectivity index (χ0v) is 28.3. The number of rotatable bonds is 10. The van der Waals surface area contributed by atoms with E-state index in [0.717, 1.165) is 48.5 Å². The van der Waals surface area contributed by atoms with Crippen LogP contribution >= 0.6 is 23.9 Å². The van der Waals surface area contributed by atoms with Crippen LogP contribution in [-0.4, -0.2) is 50.9 Å². The second-order valence-corrected chi connectivity index (χ2v) is 19.2. The molecular formula is C26H20F6N2O8S6. The van der Waals surface area contributed by atoms with Crippen LogP contribution in [0.5, 0.6) is 0 Å². The van der Waals surface area contributed by atoms with Gasteiger partial charge in [-0.1, -0.05) is 72.8 Å². The molecule has 0 radical (unpaired) electrons. The van der Waals surface area contributed by atoms with Gasteiger partial charge in [-0.25, -0.2) is 33.7 Å². The van der Waals surface area contributed by atoms with Crippen LogP contribution < -0.4 is 0 Å². The van der Waals surface area contributed by atoms with Crippen molar-refractivity contribution in [2.75, 3.05) is 0 Å². The summed E-state index contributed by atoms with van der Waals surface area (Å²) in [5.74, 6) is 0. The third kappa shape index (κ3) is 9.96. The van der Waals surface area contributed by atoms with Crippen LogP contribution in [0.1, 0.15) is 0 Å². The summed E-state index contributed by atoms with van der Waals surface area (Å²) in [7, 11) is -19.8. The number of alkyl halides is 6. The molecule has 0 fully saturated rings. The number of nitrogens with zero attached hydrogens (tertiary/aromatic N) is 2. The Morgan fingerprint density at radius 3 is 0.667 bits per heavy atom. The lowest BCUT2D eigenvalue weighted by atomic mass is 10.4. The summed E-state index contributed by atoms with van der Waals surface area (Å²) in [6.45, 7) is 0. The Balaban J connectivity index is 0.000000260. The largest absolute Gasteiger partial charge is 0.458 e. The summed E-state index contributed by atoms with van der Waals surface area (Å²) in [6, 6.07) is 24.1. The van der Waals surface area contributed by atoms with Gasteiger partial charge in [-0.15, -0.1) is 0 Å². The standard InChI is InChI=1S/2C13H10F3NO4S3/c2*14-13(15,16)22-17(23(18,19)11-7-3-1-4-8-11)24(20,21)12-9-5-2-6-10-12/h2*1-10H.